The Kier molecular flexibility index (Phi) is 5.85. The van der Waals surface area contributed by atoms with E-state index >= 15 is 0 Å². The van der Waals surface area contributed by atoms with E-state index in [2.05, 4.69) is 16.0 Å². The molecule has 7 heteroatoms. The molecule has 0 aromatic heterocycles. The average Bonchev–Trinajstić information content (AvgIpc) is 2.44. The minimum absolute atomic E-state index is 0.0732. The molecular formula is C16H22ClN3O3. The molecule has 23 heavy (non-hydrogen) atoms. The first kappa shape index (κ1) is 17.6. The molecule has 1 atom stereocenters. The van der Waals surface area contributed by atoms with Crippen LogP contribution >= 0.6 is 11.6 Å². The third-order valence-corrected chi connectivity index (χ3v) is 3.79. The van der Waals surface area contributed by atoms with E-state index in [1.165, 1.54) is 0 Å². The fraction of sp³-hybridized carbons (Fsp3) is 0.500. The van der Waals surface area contributed by atoms with Gasteiger partial charge in [-0.05, 0) is 44.9 Å². The molecule has 0 saturated carbocycles. The molecule has 0 bridgehead atoms. The van der Waals surface area contributed by atoms with Gasteiger partial charge in [-0.1, -0.05) is 17.7 Å². The highest BCUT2D eigenvalue weighted by Crippen LogP contribution is 2.23. The maximum Gasteiger partial charge on any atom is 0.319 e. The molecule has 1 aromatic carbocycles. The van der Waals surface area contributed by atoms with Crippen molar-refractivity contribution in [2.75, 3.05) is 18.5 Å². The first-order valence-corrected chi connectivity index (χ1v) is 7.96. The van der Waals surface area contributed by atoms with Crippen LogP contribution in [0, 0.1) is 0 Å². The van der Waals surface area contributed by atoms with Gasteiger partial charge in [0.1, 0.15) is 0 Å². The lowest BCUT2D eigenvalue weighted by molar-refractivity contribution is -0.123. The second-order valence-electron chi connectivity index (χ2n) is 6.18. The zero-order valence-electron chi connectivity index (χ0n) is 13.3. The van der Waals surface area contributed by atoms with Crippen LogP contribution in [0.15, 0.2) is 24.3 Å². The number of nitrogens with one attached hydrogen (secondary N) is 3. The zero-order chi connectivity index (χ0) is 16.9. The summed E-state index contributed by atoms with van der Waals surface area (Å²) in [7, 11) is 0. The van der Waals surface area contributed by atoms with Crippen LogP contribution in [0.3, 0.4) is 0 Å². The Balaban J connectivity index is 1.72. The van der Waals surface area contributed by atoms with Crippen LogP contribution in [0.25, 0.3) is 0 Å². The van der Waals surface area contributed by atoms with E-state index in [1.807, 2.05) is 13.8 Å². The van der Waals surface area contributed by atoms with Crippen molar-refractivity contribution in [2.45, 2.75) is 38.3 Å². The molecule has 0 aliphatic carbocycles. The van der Waals surface area contributed by atoms with Gasteiger partial charge in [0.2, 0.25) is 5.91 Å². The predicted octanol–water partition coefficient (Wildman–Crippen LogP) is 2.54. The van der Waals surface area contributed by atoms with E-state index in [4.69, 9.17) is 16.3 Å². The maximum absolute atomic E-state index is 11.9. The lowest BCUT2D eigenvalue weighted by Crippen LogP contribution is -2.48. The summed E-state index contributed by atoms with van der Waals surface area (Å²) in [5.74, 6) is -0.214. The first-order valence-electron chi connectivity index (χ1n) is 7.58. The number of benzene rings is 1. The first-order chi connectivity index (χ1) is 10.8. The average molecular weight is 340 g/mol. The summed E-state index contributed by atoms with van der Waals surface area (Å²) in [4.78, 5) is 23.7. The van der Waals surface area contributed by atoms with E-state index in [0.717, 1.165) is 12.8 Å². The standard InChI is InChI=1S/C16H22ClN3O3/c1-16(2)9-13(6-7-23-16)19-14(21)10-18-15(22)20-12-5-3-4-11(17)8-12/h3-5,8,13H,6-7,9-10H2,1-2H3,(H,19,21)(H2,18,20,22). The molecule has 0 spiro atoms. The van der Waals surface area contributed by atoms with Crippen molar-refractivity contribution >= 4 is 29.2 Å². The summed E-state index contributed by atoms with van der Waals surface area (Å²) < 4.78 is 5.61. The lowest BCUT2D eigenvalue weighted by Gasteiger charge is -2.35. The van der Waals surface area contributed by atoms with Crippen LogP contribution in [0.1, 0.15) is 26.7 Å². The molecule has 126 valence electrons. The molecule has 3 amide bonds. The topological polar surface area (TPSA) is 79.5 Å². The molecule has 1 aliphatic rings. The molecule has 6 nitrogen and oxygen atoms in total. The molecule has 1 unspecified atom stereocenters. The van der Waals surface area contributed by atoms with Crippen LogP contribution in [-0.2, 0) is 9.53 Å². The summed E-state index contributed by atoms with van der Waals surface area (Å²) in [5, 5.41) is 8.60. The molecule has 1 saturated heterocycles. The molecule has 2 rings (SSSR count). The van der Waals surface area contributed by atoms with Crippen LogP contribution in [0.4, 0.5) is 10.5 Å². The summed E-state index contributed by atoms with van der Waals surface area (Å²) in [6.45, 7) is 4.55. The molecule has 0 radical (unpaired) electrons. The Hall–Kier alpha value is -1.79. The summed E-state index contributed by atoms with van der Waals surface area (Å²) in [6.07, 6.45) is 1.54. The van der Waals surface area contributed by atoms with Gasteiger partial charge in [0, 0.05) is 23.4 Å². The minimum Gasteiger partial charge on any atom is -0.375 e. The Labute approximate surface area is 140 Å². The number of ether oxygens (including phenoxy) is 1. The number of halogens is 1. The number of carbonyl (C=O) groups excluding carboxylic acids is 2. The van der Waals surface area contributed by atoms with Crippen LogP contribution in [0.2, 0.25) is 5.02 Å². The van der Waals surface area contributed by atoms with Crippen molar-refractivity contribution in [1.82, 2.24) is 10.6 Å². The minimum atomic E-state index is -0.449. The molecule has 3 N–H and O–H groups in total. The van der Waals surface area contributed by atoms with Gasteiger partial charge in [-0.15, -0.1) is 0 Å². The van der Waals surface area contributed by atoms with Gasteiger partial charge in [-0.3, -0.25) is 4.79 Å². The van der Waals surface area contributed by atoms with E-state index in [0.29, 0.717) is 17.3 Å². The highest BCUT2D eigenvalue weighted by Gasteiger charge is 2.29. The Morgan fingerprint density at radius 1 is 1.39 bits per heavy atom. The Bertz CT molecular complexity index is 577. The van der Waals surface area contributed by atoms with Gasteiger partial charge in [-0.2, -0.15) is 0 Å². The lowest BCUT2D eigenvalue weighted by atomic mass is 9.94. The quantitative estimate of drug-likeness (QED) is 0.788. The Morgan fingerprint density at radius 2 is 2.17 bits per heavy atom. The molecule has 1 fully saturated rings. The van der Waals surface area contributed by atoms with Crippen molar-refractivity contribution in [3.8, 4) is 0 Å². The number of anilines is 1. The fourth-order valence-electron chi connectivity index (χ4n) is 2.54. The van der Waals surface area contributed by atoms with Gasteiger partial charge in [0.05, 0.1) is 12.1 Å². The number of amides is 3. The monoisotopic (exact) mass is 339 g/mol. The number of hydrogen-bond donors (Lipinski definition) is 3. The van der Waals surface area contributed by atoms with Gasteiger partial charge in [0.25, 0.3) is 0 Å². The third kappa shape index (κ3) is 6.08. The summed E-state index contributed by atoms with van der Waals surface area (Å²) in [5.41, 5.74) is 0.342. The van der Waals surface area contributed by atoms with Crippen molar-refractivity contribution < 1.29 is 14.3 Å². The smallest absolute Gasteiger partial charge is 0.319 e. The number of rotatable bonds is 4. The molecule has 1 aromatic rings. The summed E-state index contributed by atoms with van der Waals surface area (Å²) in [6, 6.07) is 6.42. The fourth-order valence-corrected chi connectivity index (χ4v) is 2.73. The third-order valence-electron chi connectivity index (χ3n) is 3.55. The van der Waals surface area contributed by atoms with E-state index in [-0.39, 0.29) is 24.1 Å². The Morgan fingerprint density at radius 3 is 2.87 bits per heavy atom. The summed E-state index contributed by atoms with van der Waals surface area (Å²) >= 11 is 5.84. The van der Waals surface area contributed by atoms with Gasteiger partial charge in [0.15, 0.2) is 0 Å². The van der Waals surface area contributed by atoms with Gasteiger partial charge < -0.3 is 20.7 Å². The maximum atomic E-state index is 11.9. The molecule has 1 heterocycles. The highest BCUT2D eigenvalue weighted by molar-refractivity contribution is 6.30. The van der Waals surface area contributed by atoms with Crippen molar-refractivity contribution in [3.05, 3.63) is 29.3 Å². The van der Waals surface area contributed by atoms with E-state index in [9.17, 15) is 9.59 Å². The van der Waals surface area contributed by atoms with Crippen molar-refractivity contribution in [2.24, 2.45) is 0 Å². The van der Waals surface area contributed by atoms with Crippen LogP contribution < -0.4 is 16.0 Å². The van der Waals surface area contributed by atoms with E-state index < -0.39 is 6.03 Å². The van der Waals surface area contributed by atoms with E-state index in [1.54, 1.807) is 24.3 Å². The van der Waals surface area contributed by atoms with Crippen LogP contribution in [-0.4, -0.2) is 36.7 Å². The second kappa shape index (κ2) is 7.66. The second-order valence-corrected chi connectivity index (χ2v) is 6.62. The SMILES string of the molecule is CC1(C)CC(NC(=O)CNC(=O)Nc2cccc(Cl)c2)CCO1. The van der Waals surface area contributed by atoms with Crippen LogP contribution in [0.5, 0.6) is 0 Å². The normalized spacial score (nSPS) is 19.7. The number of urea groups is 1. The highest BCUT2D eigenvalue weighted by atomic mass is 35.5. The van der Waals surface area contributed by atoms with Gasteiger partial charge in [-0.25, -0.2) is 4.79 Å². The van der Waals surface area contributed by atoms with Crippen molar-refractivity contribution in [3.63, 3.8) is 0 Å². The van der Waals surface area contributed by atoms with Gasteiger partial charge >= 0.3 is 6.03 Å². The largest absolute Gasteiger partial charge is 0.375 e. The number of hydrogen-bond acceptors (Lipinski definition) is 3. The molecule has 1 aliphatic heterocycles. The predicted molar refractivity (Wildman–Crippen MR) is 89.7 cm³/mol. The number of carbonyl (C=O) groups is 2. The molecular weight excluding hydrogens is 318 g/mol. The zero-order valence-corrected chi connectivity index (χ0v) is 14.1. The van der Waals surface area contributed by atoms with Crippen molar-refractivity contribution in [1.29, 1.82) is 0 Å².